The molecule has 0 saturated carbocycles. The lowest BCUT2D eigenvalue weighted by Crippen LogP contribution is -2.48. The molecule has 1 aliphatic heterocycles. The van der Waals surface area contributed by atoms with Crippen molar-refractivity contribution in [3.8, 4) is 11.5 Å². The van der Waals surface area contributed by atoms with E-state index in [1.165, 1.54) is 0 Å². The molecule has 4 heteroatoms. The van der Waals surface area contributed by atoms with Crippen LogP contribution in [-0.2, 0) is 5.60 Å². The molecule has 3 N–H and O–H groups in total. The molecule has 2 rings (SSSR count). The quantitative estimate of drug-likeness (QED) is 0.816. The van der Waals surface area contributed by atoms with Gasteiger partial charge in [0.05, 0.1) is 7.11 Å². The van der Waals surface area contributed by atoms with Crippen LogP contribution in [0.1, 0.15) is 25.8 Å². The summed E-state index contributed by atoms with van der Waals surface area (Å²) in [6.07, 6.45) is 0.469. The zero-order valence-corrected chi connectivity index (χ0v) is 10.5. The minimum Gasteiger partial charge on any atom is -0.497 e. The van der Waals surface area contributed by atoms with E-state index in [-0.39, 0.29) is 6.54 Å². The summed E-state index contributed by atoms with van der Waals surface area (Å²) in [5, 5.41) is 10.6. The Hall–Kier alpha value is -1.26. The number of aliphatic hydroxyl groups is 1. The summed E-state index contributed by atoms with van der Waals surface area (Å²) in [4.78, 5) is 0. The Kier molecular flexibility index (Phi) is 2.79. The smallest absolute Gasteiger partial charge is 0.126 e. The van der Waals surface area contributed by atoms with Crippen molar-refractivity contribution >= 4 is 0 Å². The predicted octanol–water partition coefficient (Wildman–Crippen LogP) is 1.40. The van der Waals surface area contributed by atoms with Crippen LogP contribution in [0.25, 0.3) is 0 Å². The average molecular weight is 237 g/mol. The van der Waals surface area contributed by atoms with Gasteiger partial charge >= 0.3 is 0 Å². The van der Waals surface area contributed by atoms with Gasteiger partial charge in [0.25, 0.3) is 0 Å². The van der Waals surface area contributed by atoms with E-state index in [0.29, 0.717) is 23.5 Å². The lowest BCUT2D eigenvalue weighted by Gasteiger charge is -2.42. The van der Waals surface area contributed by atoms with Crippen molar-refractivity contribution in [3.05, 3.63) is 23.8 Å². The highest BCUT2D eigenvalue weighted by atomic mass is 16.5. The van der Waals surface area contributed by atoms with E-state index in [2.05, 4.69) is 0 Å². The van der Waals surface area contributed by atoms with Crippen molar-refractivity contribution in [1.82, 2.24) is 0 Å². The van der Waals surface area contributed by atoms with Crippen molar-refractivity contribution in [2.45, 2.75) is 31.5 Å². The standard InChI is InChI=1S/C13H19NO3/c1-12(2)7-13(15,8-14)10-6-9(16-3)4-5-11(10)17-12/h4-6,15H,7-8,14H2,1-3H3. The van der Waals surface area contributed by atoms with E-state index in [9.17, 15) is 5.11 Å². The van der Waals surface area contributed by atoms with Crippen LogP contribution in [0.2, 0.25) is 0 Å². The van der Waals surface area contributed by atoms with E-state index in [0.717, 1.165) is 0 Å². The second-order valence-corrected chi connectivity index (χ2v) is 5.14. The largest absolute Gasteiger partial charge is 0.497 e. The van der Waals surface area contributed by atoms with Crippen LogP contribution in [0.3, 0.4) is 0 Å². The van der Waals surface area contributed by atoms with Gasteiger partial charge < -0.3 is 20.3 Å². The minimum atomic E-state index is -1.05. The Labute approximate surface area is 101 Å². The van der Waals surface area contributed by atoms with Gasteiger partial charge in [-0.15, -0.1) is 0 Å². The summed E-state index contributed by atoms with van der Waals surface area (Å²) in [7, 11) is 1.59. The second-order valence-electron chi connectivity index (χ2n) is 5.14. The monoisotopic (exact) mass is 237 g/mol. The number of rotatable bonds is 2. The van der Waals surface area contributed by atoms with E-state index >= 15 is 0 Å². The van der Waals surface area contributed by atoms with Gasteiger partial charge in [0.1, 0.15) is 22.7 Å². The van der Waals surface area contributed by atoms with Crippen LogP contribution in [0, 0.1) is 0 Å². The molecule has 1 unspecified atom stereocenters. The van der Waals surface area contributed by atoms with Gasteiger partial charge in [0.2, 0.25) is 0 Å². The van der Waals surface area contributed by atoms with Gasteiger partial charge in [0, 0.05) is 18.5 Å². The van der Waals surface area contributed by atoms with Crippen molar-refractivity contribution in [2.24, 2.45) is 5.73 Å². The Morgan fingerprint density at radius 1 is 1.47 bits per heavy atom. The van der Waals surface area contributed by atoms with Gasteiger partial charge in [-0.25, -0.2) is 0 Å². The Bertz CT molecular complexity index is 431. The second kappa shape index (κ2) is 3.89. The fourth-order valence-corrected chi connectivity index (χ4v) is 2.40. The third kappa shape index (κ3) is 2.10. The maximum absolute atomic E-state index is 10.6. The Balaban J connectivity index is 2.53. The number of methoxy groups -OCH3 is 1. The molecule has 0 aliphatic carbocycles. The highest BCUT2D eigenvalue weighted by Crippen LogP contribution is 2.44. The highest BCUT2D eigenvalue weighted by molar-refractivity contribution is 5.46. The van der Waals surface area contributed by atoms with Crippen LogP contribution >= 0.6 is 0 Å². The molecule has 94 valence electrons. The predicted molar refractivity (Wildman–Crippen MR) is 65.3 cm³/mol. The Morgan fingerprint density at radius 3 is 2.76 bits per heavy atom. The molecule has 1 heterocycles. The first-order chi connectivity index (χ1) is 7.90. The first kappa shape index (κ1) is 12.2. The molecule has 0 saturated heterocycles. The van der Waals surface area contributed by atoms with Gasteiger partial charge in [-0.3, -0.25) is 0 Å². The van der Waals surface area contributed by atoms with Gasteiger partial charge in [-0.1, -0.05) is 0 Å². The summed E-state index contributed by atoms with van der Waals surface area (Å²) >= 11 is 0. The van der Waals surface area contributed by atoms with Crippen molar-refractivity contribution in [2.75, 3.05) is 13.7 Å². The lowest BCUT2D eigenvalue weighted by atomic mass is 9.80. The molecular weight excluding hydrogens is 218 g/mol. The van der Waals surface area contributed by atoms with E-state index in [4.69, 9.17) is 15.2 Å². The normalized spacial score (nSPS) is 25.9. The van der Waals surface area contributed by atoms with E-state index in [1.807, 2.05) is 26.0 Å². The molecule has 1 aromatic carbocycles. The molecule has 0 fully saturated rings. The zero-order valence-electron chi connectivity index (χ0n) is 10.5. The lowest BCUT2D eigenvalue weighted by molar-refractivity contribution is -0.0579. The minimum absolute atomic E-state index is 0.167. The van der Waals surface area contributed by atoms with Crippen LogP contribution in [-0.4, -0.2) is 24.4 Å². The topological polar surface area (TPSA) is 64.7 Å². The van der Waals surface area contributed by atoms with Crippen LogP contribution < -0.4 is 15.2 Å². The molecule has 17 heavy (non-hydrogen) atoms. The van der Waals surface area contributed by atoms with Crippen molar-refractivity contribution < 1.29 is 14.6 Å². The fraction of sp³-hybridized carbons (Fsp3) is 0.538. The molecular formula is C13H19NO3. The first-order valence-corrected chi connectivity index (χ1v) is 5.70. The van der Waals surface area contributed by atoms with E-state index in [1.54, 1.807) is 13.2 Å². The van der Waals surface area contributed by atoms with Crippen LogP contribution in [0.15, 0.2) is 18.2 Å². The molecule has 4 nitrogen and oxygen atoms in total. The molecule has 0 radical (unpaired) electrons. The number of hydrogen-bond acceptors (Lipinski definition) is 4. The van der Waals surface area contributed by atoms with Crippen molar-refractivity contribution in [3.63, 3.8) is 0 Å². The summed E-state index contributed by atoms with van der Waals surface area (Å²) in [6.45, 7) is 4.06. The number of ether oxygens (including phenoxy) is 2. The molecule has 0 aromatic heterocycles. The fourth-order valence-electron chi connectivity index (χ4n) is 2.40. The van der Waals surface area contributed by atoms with Crippen molar-refractivity contribution in [1.29, 1.82) is 0 Å². The highest BCUT2D eigenvalue weighted by Gasteiger charge is 2.43. The maximum Gasteiger partial charge on any atom is 0.126 e. The van der Waals surface area contributed by atoms with Gasteiger partial charge in [0.15, 0.2) is 0 Å². The third-order valence-corrected chi connectivity index (χ3v) is 3.13. The molecule has 1 atom stereocenters. The third-order valence-electron chi connectivity index (χ3n) is 3.13. The van der Waals surface area contributed by atoms with E-state index < -0.39 is 11.2 Å². The molecule has 1 aromatic rings. The number of nitrogens with two attached hydrogens (primary N) is 1. The van der Waals surface area contributed by atoms with Gasteiger partial charge in [-0.2, -0.15) is 0 Å². The summed E-state index contributed by atoms with van der Waals surface area (Å²) < 4.78 is 11.0. The Morgan fingerprint density at radius 2 is 2.18 bits per heavy atom. The van der Waals surface area contributed by atoms with Crippen LogP contribution in [0.5, 0.6) is 11.5 Å². The molecule has 0 bridgehead atoms. The summed E-state index contributed by atoms with van der Waals surface area (Å²) in [5.74, 6) is 1.37. The SMILES string of the molecule is COc1ccc2c(c1)C(O)(CN)CC(C)(C)O2. The molecule has 0 spiro atoms. The van der Waals surface area contributed by atoms with Crippen LogP contribution in [0.4, 0.5) is 0 Å². The molecule has 0 amide bonds. The first-order valence-electron chi connectivity index (χ1n) is 5.70. The number of fused-ring (bicyclic) bond motifs is 1. The number of benzene rings is 1. The molecule has 1 aliphatic rings. The van der Waals surface area contributed by atoms with Gasteiger partial charge in [-0.05, 0) is 32.0 Å². The average Bonchev–Trinajstić information content (AvgIpc) is 2.27. The zero-order chi connectivity index (χ0) is 12.7. The summed E-state index contributed by atoms with van der Waals surface area (Å²) in [6, 6.07) is 5.42. The number of hydrogen-bond donors (Lipinski definition) is 2. The maximum atomic E-state index is 10.6. The summed E-state index contributed by atoms with van der Waals surface area (Å²) in [5.41, 5.74) is 4.95.